The molecule has 2 aliphatic rings. The molecule has 1 aromatic rings. The van der Waals surface area contributed by atoms with E-state index in [-0.39, 0.29) is 17.3 Å². The first-order valence-electron chi connectivity index (χ1n) is 9.40. The van der Waals surface area contributed by atoms with Crippen LogP contribution in [0.5, 0.6) is 0 Å². The number of hydrogen-bond acceptors (Lipinski definition) is 2. The molecule has 2 N–H and O–H groups in total. The monoisotopic (exact) mass is 386 g/mol. The number of hydrogen-bond donors (Lipinski definition) is 2. The van der Waals surface area contributed by atoms with Crippen LogP contribution in [-0.4, -0.2) is 55.8 Å². The number of benzene rings is 1. The van der Waals surface area contributed by atoms with Crippen molar-refractivity contribution in [3.63, 3.8) is 0 Å². The van der Waals surface area contributed by atoms with Gasteiger partial charge in [0, 0.05) is 31.1 Å². The fourth-order valence-corrected chi connectivity index (χ4v) is 3.58. The molecule has 150 valence electrons. The van der Waals surface area contributed by atoms with Gasteiger partial charge < -0.3 is 10.6 Å². The Morgan fingerprint density at radius 1 is 1.26 bits per heavy atom. The summed E-state index contributed by atoms with van der Waals surface area (Å²) >= 11 is 0. The highest BCUT2D eigenvalue weighted by atomic mass is 19.4. The lowest BCUT2D eigenvalue weighted by Crippen LogP contribution is -2.45. The second-order valence-electron chi connectivity index (χ2n) is 7.46. The summed E-state index contributed by atoms with van der Waals surface area (Å²) in [5, 5.41) is 6.44. The highest BCUT2D eigenvalue weighted by molar-refractivity contribution is 5.80. The molecule has 0 aromatic heterocycles. The summed E-state index contributed by atoms with van der Waals surface area (Å²) < 4.78 is 50.8. The zero-order valence-electron chi connectivity index (χ0n) is 15.4. The molecule has 8 heteroatoms. The Bertz CT molecular complexity index is 653. The van der Waals surface area contributed by atoms with Gasteiger partial charge in [0.25, 0.3) is 0 Å². The van der Waals surface area contributed by atoms with Crippen molar-refractivity contribution in [1.29, 1.82) is 0 Å². The molecule has 1 heterocycles. The van der Waals surface area contributed by atoms with Gasteiger partial charge in [0.15, 0.2) is 5.96 Å². The van der Waals surface area contributed by atoms with Crippen molar-refractivity contribution in [1.82, 2.24) is 15.5 Å². The second-order valence-corrected chi connectivity index (χ2v) is 7.46. The largest absolute Gasteiger partial charge is 0.401 e. The van der Waals surface area contributed by atoms with E-state index in [1.807, 2.05) is 19.1 Å². The second kappa shape index (κ2) is 8.04. The van der Waals surface area contributed by atoms with Crippen molar-refractivity contribution in [2.45, 2.75) is 43.8 Å². The lowest BCUT2D eigenvalue weighted by molar-refractivity contribution is -0.143. The topological polar surface area (TPSA) is 39.7 Å². The van der Waals surface area contributed by atoms with Crippen LogP contribution in [0.15, 0.2) is 29.3 Å². The van der Waals surface area contributed by atoms with E-state index in [4.69, 9.17) is 0 Å². The van der Waals surface area contributed by atoms with E-state index < -0.39 is 12.7 Å². The third kappa shape index (κ3) is 5.57. The molecular formula is C19H26F4N4. The number of guanidine groups is 1. The Morgan fingerprint density at radius 2 is 1.96 bits per heavy atom. The Hall–Kier alpha value is -1.83. The minimum Gasteiger partial charge on any atom is -0.357 e. The van der Waals surface area contributed by atoms with Crippen LogP contribution < -0.4 is 10.6 Å². The standard InChI is InChI=1S/C19H26F4N4/c1-2-24-17(26-16-7-10-27(11-16)13-19(21,22)23)25-12-18(8-9-18)14-3-5-15(20)6-4-14/h3-6,16H,2,7-13H2,1H3,(H2,24,25,26). The van der Waals surface area contributed by atoms with Gasteiger partial charge in [-0.15, -0.1) is 0 Å². The summed E-state index contributed by atoms with van der Waals surface area (Å²) in [5.41, 5.74) is 1.04. The molecule has 3 rings (SSSR count). The van der Waals surface area contributed by atoms with Gasteiger partial charge in [-0.1, -0.05) is 12.1 Å². The first-order chi connectivity index (χ1) is 12.8. The molecule has 0 bridgehead atoms. The van der Waals surface area contributed by atoms with E-state index in [0.29, 0.717) is 38.6 Å². The number of rotatable bonds is 6. The van der Waals surface area contributed by atoms with Crippen LogP contribution in [0.4, 0.5) is 17.6 Å². The molecule has 1 atom stereocenters. The maximum atomic E-state index is 13.1. The fraction of sp³-hybridized carbons (Fsp3) is 0.632. The number of aliphatic imine (C=N–C) groups is 1. The zero-order chi connectivity index (χ0) is 19.5. The van der Waals surface area contributed by atoms with Gasteiger partial charge in [-0.3, -0.25) is 9.89 Å². The van der Waals surface area contributed by atoms with E-state index in [9.17, 15) is 17.6 Å². The lowest BCUT2D eigenvalue weighted by Gasteiger charge is -2.20. The number of alkyl halides is 3. The first-order valence-corrected chi connectivity index (χ1v) is 9.40. The van der Waals surface area contributed by atoms with Crippen LogP contribution in [0.25, 0.3) is 0 Å². The smallest absolute Gasteiger partial charge is 0.357 e. The summed E-state index contributed by atoms with van der Waals surface area (Å²) in [7, 11) is 0. The van der Waals surface area contributed by atoms with Crippen molar-refractivity contribution in [3.8, 4) is 0 Å². The van der Waals surface area contributed by atoms with Gasteiger partial charge >= 0.3 is 6.18 Å². The van der Waals surface area contributed by atoms with Crippen LogP contribution in [0.2, 0.25) is 0 Å². The molecular weight excluding hydrogens is 360 g/mol. The van der Waals surface area contributed by atoms with Crippen LogP contribution in [-0.2, 0) is 5.41 Å². The highest BCUT2D eigenvalue weighted by Gasteiger charge is 2.44. The Balaban J connectivity index is 1.58. The van der Waals surface area contributed by atoms with E-state index >= 15 is 0 Å². The van der Waals surface area contributed by atoms with Crippen LogP contribution >= 0.6 is 0 Å². The number of nitrogens with one attached hydrogen (secondary N) is 2. The van der Waals surface area contributed by atoms with E-state index in [2.05, 4.69) is 15.6 Å². The minimum atomic E-state index is -4.17. The average Bonchev–Trinajstić information content (AvgIpc) is 3.27. The van der Waals surface area contributed by atoms with Gasteiger partial charge in [0.2, 0.25) is 0 Å². The Morgan fingerprint density at radius 3 is 2.56 bits per heavy atom. The predicted molar refractivity (Wildman–Crippen MR) is 97.3 cm³/mol. The maximum Gasteiger partial charge on any atom is 0.401 e. The van der Waals surface area contributed by atoms with Crippen molar-refractivity contribution < 1.29 is 17.6 Å². The number of nitrogens with zero attached hydrogens (tertiary/aromatic N) is 2. The molecule has 0 spiro atoms. The number of likely N-dealkylation sites (tertiary alicyclic amines) is 1. The van der Waals surface area contributed by atoms with E-state index in [1.165, 1.54) is 17.0 Å². The predicted octanol–water partition coefficient (Wildman–Crippen LogP) is 3.05. The van der Waals surface area contributed by atoms with Crippen LogP contribution in [0, 0.1) is 5.82 Å². The minimum absolute atomic E-state index is 0.0476. The zero-order valence-corrected chi connectivity index (χ0v) is 15.4. The van der Waals surface area contributed by atoms with Gasteiger partial charge in [-0.2, -0.15) is 13.2 Å². The van der Waals surface area contributed by atoms with Gasteiger partial charge in [-0.25, -0.2) is 4.39 Å². The Labute approximate surface area is 157 Å². The molecule has 1 aromatic carbocycles. The van der Waals surface area contributed by atoms with E-state index in [1.54, 1.807) is 0 Å². The van der Waals surface area contributed by atoms with Crippen LogP contribution in [0.1, 0.15) is 31.7 Å². The van der Waals surface area contributed by atoms with Crippen molar-refractivity contribution in [2.75, 3.05) is 32.7 Å². The average molecular weight is 386 g/mol. The molecule has 0 amide bonds. The Kier molecular flexibility index (Phi) is 5.93. The van der Waals surface area contributed by atoms with Gasteiger partial charge in [0.1, 0.15) is 5.82 Å². The highest BCUT2D eigenvalue weighted by Crippen LogP contribution is 2.48. The molecule has 1 unspecified atom stereocenters. The summed E-state index contributed by atoms with van der Waals surface area (Å²) in [4.78, 5) is 6.09. The molecule has 4 nitrogen and oxygen atoms in total. The molecule has 1 saturated carbocycles. The van der Waals surface area contributed by atoms with Gasteiger partial charge in [0.05, 0.1) is 13.1 Å². The van der Waals surface area contributed by atoms with Crippen molar-refractivity contribution in [2.24, 2.45) is 4.99 Å². The SMILES string of the molecule is CCNC(=NCC1(c2ccc(F)cc2)CC1)NC1CCN(CC(F)(F)F)C1. The van der Waals surface area contributed by atoms with Crippen molar-refractivity contribution >= 4 is 5.96 Å². The molecule has 27 heavy (non-hydrogen) atoms. The first kappa shape index (κ1) is 19.9. The summed E-state index contributed by atoms with van der Waals surface area (Å²) in [6, 6.07) is 6.51. The summed E-state index contributed by atoms with van der Waals surface area (Å²) in [6.45, 7) is 3.12. The number of halogens is 4. The molecule has 1 aliphatic carbocycles. The maximum absolute atomic E-state index is 13.1. The molecule has 2 fully saturated rings. The third-order valence-corrected chi connectivity index (χ3v) is 5.21. The normalized spacial score (nSPS) is 22.7. The quantitative estimate of drug-likeness (QED) is 0.449. The molecule has 0 radical (unpaired) electrons. The van der Waals surface area contributed by atoms with Crippen molar-refractivity contribution in [3.05, 3.63) is 35.6 Å². The van der Waals surface area contributed by atoms with E-state index in [0.717, 1.165) is 18.4 Å². The van der Waals surface area contributed by atoms with Gasteiger partial charge in [-0.05, 0) is 43.9 Å². The summed E-state index contributed by atoms with van der Waals surface area (Å²) in [5.74, 6) is 0.377. The van der Waals surface area contributed by atoms with Crippen LogP contribution in [0.3, 0.4) is 0 Å². The molecule has 1 saturated heterocycles. The lowest BCUT2D eigenvalue weighted by atomic mass is 9.96. The fourth-order valence-electron chi connectivity index (χ4n) is 3.58. The molecule has 1 aliphatic heterocycles. The third-order valence-electron chi connectivity index (χ3n) is 5.21. The summed E-state index contributed by atoms with van der Waals surface area (Å²) in [6.07, 6.45) is -1.50.